The van der Waals surface area contributed by atoms with Crippen molar-refractivity contribution in [3.05, 3.63) is 29.3 Å². The fraction of sp³-hybridized carbons (Fsp3) is 0.333. The summed E-state index contributed by atoms with van der Waals surface area (Å²) in [4.78, 5) is 10.2. The number of hydrogen-bond donors (Lipinski definition) is 2. The number of benzene rings is 1. The van der Waals surface area contributed by atoms with Crippen molar-refractivity contribution in [2.24, 2.45) is 21.5 Å². The largest absolute Gasteiger partial charge is 0.369 e. The molecule has 0 saturated carbocycles. The molecule has 0 aliphatic carbocycles. The zero-order chi connectivity index (χ0) is 13.1. The van der Waals surface area contributed by atoms with Gasteiger partial charge in [-0.3, -0.25) is 4.90 Å². The van der Waals surface area contributed by atoms with Crippen LogP contribution in [0.3, 0.4) is 0 Å². The van der Waals surface area contributed by atoms with Crippen LogP contribution in [-0.2, 0) is 0 Å². The van der Waals surface area contributed by atoms with E-state index in [2.05, 4.69) is 16.9 Å². The third kappa shape index (κ3) is 3.52. The van der Waals surface area contributed by atoms with Crippen LogP contribution in [0.2, 0.25) is 5.02 Å². The van der Waals surface area contributed by atoms with Crippen LogP contribution < -0.4 is 16.4 Å². The van der Waals surface area contributed by atoms with Crippen molar-refractivity contribution in [3.63, 3.8) is 0 Å². The Morgan fingerprint density at radius 3 is 2.74 bits per heavy atom. The van der Waals surface area contributed by atoms with Crippen molar-refractivity contribution in [1.29, 1.82) is 0 Å². The number of nitrogens with two attached hydrogens (primary N) is 2. The first kappa shape index (κ1) is 15.6. The number of nitrogens with zero attached hydrogens (tertiary/aromatic N) is 3. The first-order chi connectivity index (χ1) is 8.61. The standard InChI is InChI=1S/C12H16ClN5.ClH/c1-2-4-10-16-11(14)17-12(15)18(10)9-6-3-5-8(13)7-9;/h3,5-7,10H,2,4H2,1H3,(H4,14,15,16,17);1H. The Morgan fingerprint density at radius 1 is 1.37 bits per heavy atom. The van der Waals surface area contributed by atoms with Gasteiger partial charge in [-0.2, -0.15) is 4.99 Å². The van der Waals surface area contributed by atoms with Gasteiger partial charge in [-0.25, -0.2) is 4.99 Å². The smallest absolute Gasteiger partial charge is 0.220 e. The molecule has 4 N–H and O–H groups in total. The van der Waals surface area contributed by atoms with Crippen molar-refractivity contribution in [3.8, 4) is 0 Å². The van der Waals surface area contributed by atoms with E-state index in [4.69, 9.17) is 23.1 Å². The molecule has 5 nitrogen and oxygen atoms in total. The predicted octanol–water partition coefficient (Wildman–Crippen LogP) is 2.34. The van der Waals surface area contributed by atoms with E-state index in [-0.39, 0.29) is 24.5 Å². The number of halogens is 2. The predicted molar refractivity (Wildman–Crippen MR) is 83.1 cm³/mol. The summed E-state index contributed by atoms with van der Waals surface area (Å²) in [5, 5.41) is 0.651. The molecule has 19 heavy (non-hydrogen) atoms. The van der Waals surface area contributed by atoms with Gasteiger partial charge >= 0.3 is 0 Å². The molecule has 1 aliphatic rings. The Hall–Kier alpha value is -1.46. The normalized spacial score (nSPS) is 18.4. The molecule has 1 aliphatic heterocycles. The minimum absolute atomic E-state index is 0. The van der Waals surface area contributed by atoms with Crippen LogP contribution in [-0.4, -0.2) is 18.1 Å². The molecule has 0 fully saturated rings. The van der Waals surface area contributed by atoms with E-state index in [0.717, 1.165) is 18.5 Å². The van der Waals surface area contributed by atoms with Crippen molar-refractivity contribution >= 4 is 41.6 Å². The molecule has 104 valence electrons. The molecule has 0 bridgehead atoms. The highest BCUT2D eigenvalue weighted by Crippen LogP contribution is 2.25. The molecule has 1 atom stereocenters. The maximum Gasteiger partial charge on any atom is 0.220 e. The average molecular weight is 302 g/mol. The van der Waals surface area contributed by atoms with E-state index in [9.17, 15) is 0 Å². The molecule has 7 heteroatoms. The molecule has 0 aromatic heterocycles. The molecule has 1 aromatic rings. The maximum atomic E-state index is 6.00. The zero-order valence-corrected chi connectivity index (χ0v) is 12.2. The molecular weight excluding hydrogens is 285 g/mol. The van der Waals surface area contributed by atoms with Crippen molar-refractivity contribution in [2.75, 3.05) is 4.90 Å². The van der Waals surface area contributed by atoms with Gasteiger partial charge in [0, 0.05) is 10.7 Å². The Kier molecular flexibility index (Phi) is 5.44. The summed E-state index contributed by atoms with van der Waals surface area (Å²) in [6.07, 6.45) is 1.71. The van der Waals surface area contributed by atoms with Crippen molar-refractivity contribution in [2.45, 2.75) is 25.9 Å². The third-order valence-corrected chi connectivity index (χ3v) is 2.92. The van der Waals surface area contributed by atoms with E-state index in [0.29, 0.717) is 11.0 Å². The van der Waals surface area contributed by atoms with Gasteiger partial charge < -0.3 is 11.5 Å². The first-order valence-electron chi connectivity index (χ1n) is 5.84. The minimum atomic E-state index is -0.119. The Labute approximate surface area is 123 Å². The Morgan fingerprint density at radius 2 is 2.11 bits per heavy atom. The Balaban J connectivity index is 0.00000180. The van der Waals surface area contributed by atoms with Gasteiger partial charge in [0.25, 0.3) is 0 Å². The molecule has 1 unspecified atom stereocenters. The second-order valence-corrected chi connectivity index (χ2v) is 4.51. The van der Waals surface area contributed by atoms with Gasteiger partial charge in [-0.15, -0.1) is 12.4 Å². The fourth-order valence-electron chi connectivity index (χ4n) is 1.95. The maximum absolute atomic E-state index is 6.00. The molecule has 0 amide bonds. The van der Waals surface area contributed by atoms with Gasteiger partial charge in [0.1, 0.15) is 6.17 Å². The van der Waals surface area contributed by atoms with Crippen LogP contribution in [0.4, 0.5) is 5.69 Å². The molecule has 2 rings (SSSR count). The van der Waals surface area contributed by atoms with Crippen LogP contribution in [0.25, 0.3) is 0 Å². The lowest BCUT2D eigenvalue weighted by atomic mass is 10.2. The summed E-state index contributed by atoms with van der Waals surface area (Å²) in [6, 6.07) is 7.45. The number of anilines is 1. The molecule has 0 saturated heterocycles. The van der Waals surface area contributed by atoms with Crippen LogP contribution in [0, 0.1) is 0 Å². The van der Waals surface area contributed by atoms with Crippen molar-refractivity contribution in [1.82, 2.24) is 0 Å². The van der Waals surface area contributed by atoms with Gasteiger partial charge in [0.2, 0.25) is 11.9 Å². The van der Waals surface area contributed by atoms with E-state index in [1.807, 2.05) is 29.2 Å². The first-order valence-corrected chi connectivity index (χ1v) is 6.22. The molecule has 0 spiro atoms. The van der Waals surface area contributed by atoms with Gasteiger partial charge in [0.05, 0.1) is 0 Å². The summed E-state index contributed by atoms with van der Waals surface area (Å²) in [5.41, 5.74) is 12.5. The lowest BCUT2D eigenvalue weighted by Crippen LogP contribution is -2.48. The number of guanidine groups is 2. The Bertz CT molecular complexity index is 501. The highest BCUT2D eigenvalue weighted by Gasteiger charge is 2.25. The summed E-state index contributed by atoms with van der Waals surface area (Å²) in [6.45, 7) is 2.09. The third-order valence-electron chi connectivity index (χ3n) is 2.69. The SMILES string of the molecule is CCCC1N=C(N)N=C(N)N1c1cccc(Cl)c1.Cl. The number of hydrogen-bond acceptors (Lipinski definition) is 5. The van der Waals surface area contributed by atoms with E-state index in [1.165, 1.54) is 0 Å². The lowest BCUT2D eigenvalue weighted by molar-refractivity contribution is 0.613. The molecule has 1 aromatic carbocycles. The average Bonchev–Trinajstić information content (AvgIpc) is 2.28. The lowest BCUT2D eigenvalue weighted by Gasteiger charge is -2.32. The van der Waals surface area contributed by atoms with Gasteiger partial charge in [-0.1, -0.05) is 31.0 Å². The number of aliphatic imine (C=N–C) groups is 2. The van der Waals surface area contributed by atoms with Gasteiger partial charge in [-0.05, 0) is 24.6 Å². The van der Waals surface area contributed by atoms with Crippen LogP contribution in [0.1, 0.15) is 19.8 Å². The molecular formula is C12H17Cl2N5. The van der Waals surface area contributed by atoms with Crippen LogP contribution in [0.15, 0.2) is 34.3 Å². The fourth-order valence-corrected chi connectivity index (χ4v) is 2.13. The summed E-state index contributed by atoms with van der Waals surface area (Å²) in [7, 11) is 0. The topological polar surface area (TPSA) is 80.0 Å². The monoisotopic (exact) mass is 301 g/mol. The highest BCUT2D eigenvalue weighted by molar-refractivity contribution is 6.31. The van der Waals surface area contributed by atoms with E-state index >= 15 is 0 Å². The zero-order valence-electron chi connectivity index (χ0n) is 10.6. The van der Waals surface area contributed by atoms with E-state index in [1.54, 1.807) is 0 Å². The highest BCUT2D eigenvalue weighted by atomic mass is 35.5. The molecule has 1 heterocycles. The summed E-state index contributed by atoms with van der Waals surface area (Å²) < 4.78 is 0. The summed E-state index contributed by atoms with van der Waals surface area (Å²) >= 11 is 6.00. The quantitative estimate of drug-likeness (QED) is 0.899. The number of rotatable bonds is 3. The van der Waals surface area contributed by atoms with Crippen LogP contribution >= 0.6 is 24.0 Å². The summed E-state index contributed by atoms with van der Waals surface area (Å²) in [5.74, 6) is 0.576. The van der Waals surface area contributed by atoms with Gasteiger partial charge in [0.15, 0.2) is 0 Å². The second-order valence-electron chi connectivity index (χ2n) is 4.08. The minimum Gasteiger partial charge on any atom is -0.369 e. The molecule has 0 radical (unpaired) electrons. The van der Waals surface area contributed by atoms with E-state index < -0.39 is 0 Å². The van der Waals surface area contributed by atoms with Crippen molar-refractivity contribution < 1.29 is 0 Å². The second kappa shape index (κ2) is 6.63. The van der Waals surface area contributed by atoms with Crippen LogP contribution in [0.5, 0.6) is 0 Å².